The molecule has 1 aliphatic rings. The molecular formula is C16H22F2N2O2. The lowest BCUT2D eigenvalue weighted by atomic mass is 10.0. The number of halogens is 2. The number of benzene rings is 1. The van der Waals surface area contributed by atoms with Crippen molar-refractivity contribution >= 4 is 6.03 Å². The van der Waals surface area contributed by atoms with E-state index < -0.39 is 11.6 Å². The number of rotatable bonds is 5. The normalized spacial score (nSPS) is 18.3. The predicted molar refractivity (Wildman–Crippen MR) is 79.5 cm³/mol. The van der Waals surface area contributed by atoms with Gasteiger partial charge in [-0.2, -0.15) is 0 Å². The molecule has 1 aromatic rings. The minimum absolute atomic E-state index is 0.0647. The van der Waals surface area contributed by atoms with Crippen LogP contribution < -0.4 is 5.32 Å². The maximum absolute atomic E-state index is 13.5. The van der Waals surface area contributed by atoms with Gasteiger partial charge in [-0.25, -0.2) is 13.6 Å². The highest BCUT2D eigenvalue weighted by Crippen LogP contribution is 2.19. The molecule has 6 heteroatoms. The third kappa shape index (κ3) is 4.40. The van der Waals surface area contributed by atoms with Gasteiger partial charge in [0.15, 0.2) is 0 Å². The van der Waals surface area contributed by atoms with Crippen molar-refractivity contribution in [2.24, 2.45) is 0 Å². The molecular weight excluding hydrogens is 290 g/mol. The molecule has 0 aliphatic carbocycles. The maximum atomic E-state index is 13.5. The summed E-state index contributed by atoms with van der Waals surface area (Å²) in [5.74, 6) is -1.20. The van der Waals surface area contributed by atoms with Crippen LogP contribution in [-0.4, -0.2) is 41.8 Å². The summed E-state index contributed by atoms with van der Waals surface area (Å²) >= 11 is 0. The van der Waals surface area contributed by atoms with E-state index >= 15 is 0 Å². The molecule has 122 valence electrons. The monoisotopic (exact) mass is 312 g/mol. The molecule has 0 bridgehead atoms. The molecule has 0 radical (unpaired) electrons. The average Bonchev–Trinajstić information content (AvgIpc) is 2.50. The highest BCUT2D eigenvalue weighted by Gasteiger charge is 2.25. The SMILES string of the molecule is O=C(NCCc1ccc(F)cc1F)N1CCCCC1CCO. The lowest BCUT2D eigenvalue weighted by molar-refractivity contribution is 0.132. The molecule has 22 heavy (non-hydrogen) atoms. The van der Waals surface area contributed by atoms with Crippen LogP contribution in [0.4, 0.5) is 13.6 Å². The number of aliphatic hydroxyl groups is 1. The topological polar surface area (TPSA) is 52.6 Å². The zero-order valence-electron chi connectivity index (χ0n) is 12.5. The Morgan fingerprint density at radius 3 is 2.91 bits per heavy atom. The zero-order chi connectivity index (χ0) is 15.9. The number of aliphatic hydroxyl groups excluding tert-OH is 1. The first kappa shape index (κ1) is 16.7. The van der Waals surface area contributed by atoms with Crippen molar-refractivity contribution in [3.05, 3.63) is 35.4 Å². The Morgan fingerprint density at radius 1 is 1.36 bits per heavy atom. The number of likely N-dealkylation sites (tertiary alicyclic amines) is 1. The number of nitrogens with one attached hydrogen (secondary N) is 1. The molecule has 1 saturated heterocycles. The first-order valence-electron chi connectivity index (χ1n) is 7.71. The summed E-state index contributed by atoms with van der Waals surface area (Å²) in [7, 11) is 0. The summed E-state index contributed by atoms with van der Waals surface area (Å²) in [6, 6.07) is 3.34. The molecule has 0 saturated carbocycles. The smallest absolute Gasteiger partial charge is 0.317 e. The van der Waals surface area contributed by atoms with Gasteiger partial charge in [0.25, 0.3) is 0 Å². The van der Waals surface area contributed by atoms with E-state index in [2.05, 4.69) is 5.32 Å². The molecule has 0 aromatic heterocycles. The van der Waals surface area contributed by atoms with E-state index in [-0.39, 0.29) is 18.7 Å². The Kier molecular flexibility index (Phi) is 6.12. The van der Waals surface area contributed by atoms with Crippen LogP contribution in [0.15, 0.2) is 18.2 Å². The first-order valence-corrected chi connectivity index (χ1v) is 7.71. The number of carbonyl (C=O) groups excluding carboxylic acids is 1. The predicted octanol–water partition coefficient (Wildman–Crippen LogP) is 2.45. The second-order valence-corrected chi connectivity index (χ2v) is 5.57. The first-order chi connectivity index (χ1) is 10.6. The molecule has 1 atom stereocenters. The van der Waals surface area contributed by atoms with Gasteiger partial charge in [-0.05, 0) is 43.7 Å². The lowest BCUT2D eigenvalue weighted by Crippen LogP contribution is -2.49. The van der Waals surface area contributed by atoms with Crippen molar-refractivity contribution in [1.82, 2.24) is 10.2 Å². The second-order valence-electron chi connectivity index (χ2n) is 5.57. The van der Waals surface area contributed by atoms with Crippen LogP contribution in [0.1, 0.15) is 31.2 Å². The summed E-state index contributed by atoms with van der Waals surface area (Å²) < 4.78 is 26.3. The Balaban J connectivity index is 1.83. The van der Waals surface area contributed by atoms with Crippen LogP contribution in [0.3, 0.4) is 0 Å². The number of urea groups is 1. The van der Waals surface area contributed by atoms with Crippen molar-refractivity contribution in [3.63, 3.8) is 0 Å². The van der Waals surface area contributed by atoms with Crippen molar-refractivity contribution < 1.29 is 18.7 Å². The van der Waals surface area contributed by atoms with E-state index in [4.69, 9.17) is 5.11 Å². The van der Waals surface area contributed by atoms with Crippen LogP contribution in [0.2, 0.25) is 0 Å². The Labute approximate surface area is 129 Å². The second kappa shape index (κ2) is 8.08. The van der Waals surface area contributed by atoms with Gasteiger partial charge in [0.2, 0.25) is 0 Å². The molecule has 2 N–H and O–H groups in total. The fraction of sp³-hybridized carbons (Fsp3) is 0.562. The summed E-state index contributed by atoms with van der Waals surface area (Å²) in [5, 5.41) is 11.8. The quantitative estimate of drug-likeness (QED) is 0.877. The van der Waals surface area contributed by atoms with Gasteiger partial charge >= 0.3 is 6.03 Å². The highest BCUT2D eigenvalue weighted by molar-refractivity contribution is 5.74. The molecule has 1 aromatic carbocycles. The van der Waals surface area contributed by atoms with Crippen molar-refractivity contribution in [3.8, 4) is 0 Å². The summed E-state index contributed by atoms with van der Waals surface area (Å²) in [5.41, 5.74) is 0.382. The van der Waals surface area contributed by atoms with Crippen molar-refractivity contribution in [1.29, 1.82) is 0 Å². The van der Waals surface area contributed by atoms with Gasteiger partial charge < -0.3 is 15.3 Å². The number of carbonyl (C=O) groups is 1. The molecule has 0 spiro atoms. The molecule has 1 heterocycles. The molecule has 2 amide bonds. The minimum atomic E-state index is -0.606. The molecule has 1 aliphatic heterocycles. The number of amides is 2. The van der Waals surface area contributed by atoms with E-state index in [0.29, 0.717) is 31.5 Å². The molecule has 1 fully saturated rings. The third-order valence-electron chi connectivity index (χ3n) is 4.04. The van der Waals surface area contributed by atoms with Gasteiger partial charge in [0, 0.05) is 31.8 Å². The van der Waals surface area contributed by atoms with E-state index in [1.165, 1.54) is 12.1 Å². The highest BCUT2D eigenvalue weighted by atomic mass is 19.1. The minimum Gasteiger partial charge on any atom is -0.396 e. The molecule has 4 nitrogen and oxygen atoms in total. The Morgan fingerprint density at radius 2 is 2.18 bits per heavy atom. The number of nitrogens with zero attached hydrogens (tertiary/aromatic N) is 1. The zero-order valence-corrected chi connectivity index (χ0v) is 12.5. The van der Waals surface area contributed by atoms with Gasteiger partial charge in [0.05, 0.1) is 0 Å². The van der Waals surface area contributed by atoms with Crippen LogP contribution in [-0.2, 0) is 6.42 Å². The average molecular weight is 312 g/mol. The fourth-order valence-corrected chi connectivity index (χ4v) is 2.85. The van der Waals surface area contributed by atoms with E-state index in [1.807, 2.05) is 0 Å². The third-order valence-corrected chi connectivity index (χ3v) is 4.04. The van der Waals surface area contributed by atoms with Crippen LogP contribution in [0, 0.1) is 11.6 Å². The van der Waals surface area contributed by atoms with Crippen LogP contribution in [0.25, 0.3) is 0 Å². The van der Waals surface area contributed by atoms with E-state index in [9.17, 15) is 13.6 Å². The van der Waals surface area contributed by atoms with Gasteiger partial charge in [0.1, 0.15) is 11.6 Å². The molecule has 1 unspecified atom stereocenters. The standard InChI is InChI=1S/C16H22F2N2O2/c17-13-5-4-12(15(18)11-13)6-8-19-16(22)20-9-2-1-3-14(20)7-10-21/h4-5,11,14,21H,1-3,6-10H2,(H,19,22). The maximum Gasteiger partial charge on any atom is 0.317 e. The van der Waals surface area contributed by atoms with Crippen molar-refractivity contribution in [2.45, 2.75) is 38.1 Å². The number of piperidine rings is 1. The number of hydrogen-bond acceptors (Lipinski definition) is 2. The van der Waals surface area contributed by atoms with Gasteiger partial charge in [-0.3, -0.25) is 0 Å². The van der Waals surface area contributed by atoms with Crippen molar-refractivity contribution in [2.75, 3.05) is 19.7 Å². The number of hydrogen-bond donors (Lipinski definition) is 2. The van der Waals surface area contributed by atoms with E-state index in [0.717, 1.165) is 25.3 Å². The van der Waals surface area contributed by atoms with Gasteiger partial charge in [-0.1, -0.05) is 6.07 Å². The summed E-state index contributed by atoms with van der Waals surface area (Å²) in [6.45, 7) is 1.04. The van der Waals surface area contributed by atoms with Crippen LogP contribution >= 0.6 is 0 Å². The van der Waals surface area contributed by atoms with E-state index in [1.54, 1.807) is 4.90 Å². The Hall–Kier alpha value is -1.69. The lowest BCUT2D eigenvalue weighted by Gasteiger charge is -2.35. The summed E-state index contributed by atoms with van der Waals surface area (Å²) in [6.07, 6.45) is 3.83. The van der Waals surface area contributed by atoms with Gasteiger partial charge in [-0.15, -0.1) is 0 Å². The Bertz CT molecular complexity index is 509. The fourth-order valence-electron chi connectivity index (χ4n) is 2.85. The van der Waals surface area contributed by atoms with Crippen LogP contribution in [0.5, 0.6) is 0 Å². The molecule has 2 rings (SSSR count). The largest absolute Gasteiger partial charge is 0.396 e. The summed E-state index contributed by atoms with van der Waals surface area (Å²) in [4.78, 5) is 13.9.